The lowest BCUT2D eigenvalue weighted by Gasteiger charge is -2.15. The molecular formula is C54H36N2. The minimum atomic E-state index is 1.08. The molecule has 2 aromatic heterocycles. The molecule has 0 N–H and O–H groups in total. The van der Waals surface area contributed by atoms with Gasteiger partial charge in [-0.05, 0) is 134 Å². The van der Waals surface area contributed by atoms with Gasteiger partial charge in [0.25, 0.3) is 0 Å². The van der Waals surface area contributed by atoms with Crippen LogP contribution in [0.15, 0.2) is 188 Å². The fourth-order valence-corrected chi connectivity index (χ4v) is 9.57. The fourth-order valence-electron chi connectivity index (χ4n) is 9.57. The maximum absolute atomic E-state index is 2.45. The Morgan fingerprint density at radius 1 is 0.375 bits per heavy atom. The summed E-state index contributed by atoms with van der Waals surface area (Å²) < 4.78 is 4.86. The molecule has 0 bridgehead atoms. The summed E-state index contributed by atoms with van der Waals surface area (Å²) in [5.41, 5.74) is 13.8. The number of hydrogen-bond acceptors (Lipinski definition) is 0. The summed E-state index contributed by atoms with van der Waals surface area (Å²) in [5, 5.41) is 11.4. The van der Waals surface area contributed by atoms with Gasteiger partial charge in [-0.2, -0.15) is 0 Å². The summed E-state index contributed by atoms with van der Waals surface area (Å²) in [4.78, 5) is 0. The van der Waals surface area contributed by atoms with Crippen molar-refractivity contribution >= 4 is 71.1 Å². The van der Waals surface area contributed by atoms with Gasteiger partial charge in [0.1, 0.15) is 0 Å². The monoisotopic (exact) mass is 712 g/mol. The number of fused-ring (bicyclic) bond motifs is 9. The quantitative estimate of drug-likeness (QED) is 0.172. The highest BCUT2D eigenvalue weighted by molar-refractivity contribution is 6.10. The number of rotatable bonds is 4. The molecular weight excluding hydrogens is 677 g/mol. The summed E-state index contributed by atoms with van der Waals surface area (Å²) in [7, 11) is 0. The largest absolute Gasteiger partial charge is 0.310 e. The molecule has 11 aromatic rings. The van der Waals surface area contributed by atoms with E-state index in [-0.39, 0.29) is 0 Å². The average molecular weight is 713 g/mol. The summed E-state index contributed by atoms with van der Waals surface area (Å²) in [6, 6.07) is 67.5. The minimum absolute atomic E-state index is 1.08. The highest BCUT2D eigenvalue weighted by Crippen LogP contribution is 2.40. The number of allylic oxidation sites excluding steroid dienone is 1. The lowest BCUT2D eigenvalue weighted by atomic mass is 9.90. The van der Waals surface area contributed by atoms with Crippen LogP contribution in [0.3, 0.4) is 0 Å². The molecule has 0 unspecified atom stereocenters. The van der Waals surface area contributed by atoms with Crippen molar-refractivity contribution in [2.45, 2.75) is 12.8 Å². The van der Waals surface area contributed by atoms with Crippen LogP contribution in [0.4, 0.5) is 0 Å². The maximum Gasteiger partial charge on any atom is 0.0541 e. The zero-order valence-corrected chi connectivity index (χ0v) is 30.8. The first-order valence-electron chi connectivity index (χ1n) is 19.6. The first-order chi connectivity index (χ1) is 27.8. The Bertz CT molecular complexity index is 3370. The van der Waals surface area contributed by atoms with Crippen LogP contribution in [0.2, 0.25) is 0 Å². The number of hydrogen-bond donors (Lipinski definition) is 0. The molecule has 2 heteroatoms. The smallest absolute Gasteiger partial charge is 0.0541 e. The van der Waals surface area contributed by atoms with Gasteiger partial charge < -0.3 is 9.13 Å². The lowest BCUT2D eigenvalue weighted by molar-refractivity contribution is 0.968. The van der Waals surface area contributed by atoms with Gasteiger partial charge in [0, 0.05) is 33.2 Å². The van der Waals surface area contributed by atoms with Crippen LogP contribution in [0.25, 0.3) is 105 Å². The van der Waals surface area contributed by atoms with E-state index in [2.05, 4.69) is 203 Å². The van der Waals surface area contributed by atoms with E-state index < -0.39 is 0 Å². The third-order valence-electron chi connectivity index (χ3n) is 12.1. The Labute approximate surface area is 324 Å². The molecule has 0 fully saturated rings. The van der Waals surface area contributed by atoms with E-state index in [4.69, 9.17) is 0 Å². The molecule has 0 saturated carbocycles. The molecule has 12 rings (SSSR count). The van der Waals surface area contributed by atoms with Crippen LogP contribution < -0.4 is 0 Å². The Kier molecular flexibility index (Phi) is 6.79. The third kappa shape index (κ3) is 4.69. The summed E-state index contributed by atoms with van der Waals surface area (Å²) in [6.45, 7) is 0. The summed E-state index contributed by atoms with van der Waals surface area (Å²) >= 11 is 0. The van der Waals surface area contributed by atoms with Crippen LogP contribution in [-0.4, -0.2) is 9.13 Å². The van der Waals surface area contributed by atoms with Gasteiger partial charge in [-0.25, -0.2) is 0 Å². The van der Waals surface area contributed by atoms with E-state index in [0.29, 0.717) is 0 Å². The van der Waals surface area contributed by atoms with Gasteiger partial charge in [0.15, 0.2) is 0 Å². The van der Waals surface area contributed by atoms with Crippen LogP contribution >= 0.6 is 0 Å². The standard InChI is InChI=1S/C54H36N2/c1-5-19-50-46(13-1)47-14-2-6-20-51(47)55(50)42-29-27-35-23-25-38(31-40(35)33-42)44-17-9-11-37-12-10-18-45(54(37)44)39-26-24-36-28-30-43(34-41(36)32-39)56-52-21-7-3-15-48(52)49-16-4-8-22-53(49)56/h1-3,5-15,17-34H,4,16H2. The van der Waals surface area contributed by atoms with Crippen molar-refractivity contribution in [1.29, 1.82) is 0 Å². The van der Waals surface area contributed by atoms with Crippen LogP contribution in [0.5, 0.6) is 0 Å². The van der Waals surface area contributed by atoms with Crippen molar-refractivity contribution in [2.75, 3.05) is 0 Å². The molecule has 2 heterocycles. The van der Waals surface area contributed by atoms with Gasteiger partial charge >= 0.3 is 0 Å². The second kappa shape index (κ2) is 12.2. The van der Waals surface area contributed by atoms with E-state index in [1.807, 2.05) is 0 Å². The molecule has 0 spiro atoms. The van der Waals surface area contributed by atoms with Crippen molar-refractivity contribution in [3.05, 3.63) is 199 Å². The zero-order chi connectivity index (χ0) is 36.7. The molecule has 262 valence electrons. The Morgan fingerprint density at radius 3 is 1.50 bits per heavy atom. The molecule has 0 aliphatic heterocycles. The van der Waals surface area contributed by atoms with Crippen LogP contribution in [0, 0.1) is 0 Å². The van der Waals surface area contributed by atoms with Crippen molar-refractivity contribution in [3.8, 4) is 33.6 Å². The number of aryl methyl sites for hydroxylation is 1. The molecule has 0 radical (unpaired) electrons. The van der Waals surface area contributed by atoms with Gasteiger partial charge in [-0.1, -0.05) is 133 Å². The van der Waals surface area contributed by atoms with Crippen LogP contribution in [0.1, 0.15) is 17.7 Å². The Balaban J connectivity index is 1.00. The fraction of sp³-hybridized carbons (Fsp3) is 0.0370. The van der Waals surface area contributed by atoms with E-state index >= 15 is 0 Å². The van der Waals surface area contributed by atoms with Gasteiger partial charge in [-0.15, -0.1) is 0 Å². The van der Waals surface area contributed by atoms with Crippen LogP contribution in [-0.2, 0) is 6.42 Å². The molecule has 0 atom stereocenters. The highest BCUT2D eigenvalue weighted by atomic mass is 15.0. The van der Waals surface area contributed by atoms with Crippen molar-refractivity contribution in [1.82, 2.24) is 9.13 Å². The predicted octanol–water partition coefficient (Wildman–Crippen LogP) is 14.5. The first kappa shape index (κ1) is 31.2. The normalized spacial score (nSPS) is 12.8. The molecule has 1 aliphatic carbocycles. The maximum atomic E-state index is 2.45. The number of para-hydroxylation sites is 3. The molecule has 2 nitrogen and oxygen atoms in total. The van der Waals surface area contributed by atoms with E-state index in [0.717, 1.165) is 12.8 Å². The molecule has 9 aromatic carbocycles. The number of nitrogens with zero attached hydrogens (tertiary/aromatic N) is 2. The van der Waals surface area contributed by atoms with E-state index in [9.17, 15) is 0 Å². The molecule has 0 amide bonds. The third-order valence-corrected chi connectivity index (χ3v) is 12.1. The molecule has 56 heavy (non-hydrogen) atoms. The van der Waals surface area contributed by atoms with E-state index in [1.54, 1.807) is 0 Å². The topological polar surface area (TPSA) is 9.86 Å². The highest BCUT2D eigenvalue weighted by Gasteiger charge is 2.19. The Hall–Kier alpha value is -7.16. The molecule has 0 saturated heterocycles. The second-order valence-electron chi connectivity index (χ2n) is 15.2. The Morgan fingerprint density at radius 2 is 0.893 bits per heavy atom. The summed E-state index contributed by atoms with van der Waals surface area (Å²) in [6.07, 6.45) is 6.81. The minimum Gasteiger partial charge on any atom is -0.310 e. The van der Waals surface area contributed by atoms with E-state index in [1.165, 1.54) is 110 Å². The first-order valence-corrected chi connectivity index (χ1v) is 19.6. The van der Waals surface area contributed by atoms with Gasteiger partial charge in [0.2, 0.25) is 0 Å². The van der Waals surface area contributed by atoms with Crippen molar-refractivity contribution in [2.24, 2.45) is 0 Å². The SMILES string of the molecule is C1=Cc2c(c3ccccc3n2-c2ccc3ccc(-c4cccc5cccc(-c6ccc7ccc(-n8c9ccccc9c9ccccc98)cc7c6)c45)cc3c2)CC1. The summed E-state index contributed by atoms with van der Waals surface area (Å²) in [5.74, 6) is 0. The van der Waals surface area contributed by atoms with Crippen molar-refractivity contribution < 1.29 is 0 Å². The number of benzene rings is 9. The molecule has 1 aliphatic rings. The van der Waals surface area contributed by atoms with Gasteiger partial charge in [0.05, 0.1) is 16.6 Å². The second-order valence-corrected chi connectivity index (χ2v) is 15.2. The zero-order valence-electron chi connectivity index (χ0n) is 30.8. The van der Waals surface area contributed by atoms with Crippen molar-refractivity contribution in [3.63, 3.8) is 0 Å². The number of aromatic nitrogens is 2. The van der Waals surface area contributed by atoms with Gasteiger partial charge in [-0.3, -0.25) is 0 Å². The predicted molar refractivity (Wildman–Crippen MR) is 238 cm³/mol. The average Bonchev–Trinajstić information content (AvgIpc) is 3.78. The lowest BCUT2D eigenvalue weighted by Crippen LogP contribution is -2.00.